The molecule has 0 saturated heterocycles. The van der Waals surface area contributed by atoms with Gasteiger partial charge in [-0.3, -0.25) is 0 Å². The van der Waals surface area contributed by atoms with Gasteiger partial charge in [0.05, 0.1) is 23.5 Å². The highest BCUT2D eigenvalue weighted by molar-refractivity contribution is 6.33. The molecule has 0 aliphatic carbocycles. The minimum atomic E-state index is 0.157. The van der Waals surface area contributed by atoms with Gasteiger partial charge < -0.3 is 15.1 Å². The lowest BCUT2D eigenvalue weighted by molar-refractivity contribution is 0.507. The third-order valence-electron chi connectivity index (χ3n) is 3.43. The van der Waals surface area contributed by atoms with Gasteiger partial charge in [0.1, 0.15) is 5.76 Å². The zero-order valence-corrected chi connectivity index (χ0v) is 12.7. The van der Waals surface area contributed by atoms with Crippen LogP contribution in [0, 0.1) is 0 Å². The lowest BCUT2D eigenvalue weighted by Gasteiger charge is -2.24. The number of anilines is 1. The molecule has 20 heavy (non-hydrogen) atoms. The quantitative estimate of drug-likeness (QED) is 0.879. The number of rotatable bonds is 6. The molecule has 3 nitrogen and oxygen atoms in total. The van der Waals surface area contributed by atoms with Gasteiger partial charge in [-0.1, -0.05) is 30.7 Å². The molecule has 0 aliphatic heterocycles. The molecule has 108 valence electrons. The summed E-state index contributed by atoms with van der Waals surface area (Å²) in [7, 11) is 2.02. The molecule has 2 aromatic rings. The van der Waals surface area contributed by atoms with Crippen molar-refractivity contribution in [2.24, 2.45) is 5.73 Å². The zero-order valence-electron chi connectivity index (χ0n) is 12.0. The molecule has 4 heteroatoms. The Morgan fingerprint density at radius 1 is 1.30 bits per heavy atom. The second-order valence-electron chi connectivity index (χ2n) is 5.06. The van der Waals surface area contributed by atoms with E-state index in [0.717, 1.165) is 29.3 Å². The van der Waals surface area contributed by atoms with Crippen LogP contribution in [0.1, 0.15) is 24.7 Å². The van der Waals surface area contributed by atoms with E-state index in [1.807, 2.05) is 31.3 Å². The molecule has 0 radical (unpaired) electrons. The highest BCUT2D eigenvalue weighted by atomic mass is 35.5. The van der Waals surface area contributed by atoms with Crippen LogP contribution in [-0.2, 0) is 13.0 Å². The first kappa shape index (κ1) is 14.9. The average molecular weight is 293 g/mol. The van der Waals surface area contributed by atoms with E-state index in [-0.39, 0.29) is 6.04 Å². The van der Waals surface area contributed by atoms with E-state index in [2.05, 4.69) is 17.9 Å². The molecule has 0 amide bonds. The van der Waals surface area contributed by atoms with Gasteiger partial charge in [-0.15, -0.1) is 0 Å². The molecule has 0 aliphatic rings. The number of furan rings is 1. The number of nitrogens with two attached hydrogens (primary N) is 1. The summed E-state index contributed by atoms with van der Waals surface area (Å²) in [5.41, 5.74) is 8.30. The molecular weight excluding hydrogens is 272 g/mol. The molecule has 2 rings (SSSR count). The Hall–Kier alpha value is -1.45. The predicted molar refractivity (Wildman–Crippen MR) is 84.2 cm³/mol. The van der Waals surface area contributed by atoms with Gasteiger partial charge in [0.25, 0.3) is 0 Å². The fraction of sp³-hybridized carbons (Fsp3) is 0.375. The molecule has 1 aromatic heterocycles. The van der Waals surface area contributed by atoms with Gasteiger partial charge in [0.15, 0.2) is 0 Å². The van der Waals surface area contributed by atoms with E-state index in [1.165, 1.54) is 5.56 Å². The van der Waals surface area contributed by atoms with E-state index < -0.39 is 0 Å². The summed E-state index contributed by atoms with van der Waals surface area (Å²) in [4.78, 5) is 2.11. The SMILES string of the molecule is CCC(N)Cc1cccc(Cl)c1N(C)Cc1ccco1. The smallest absolute Gasteiger partial charge is 0.123 e. The van der Waals surface area contributed by atoms with Crippen molar-refractivity contribution >= 4 is 17.3 Å². The Kier molecular flexibility index (Phi) is 5.10. The van der Waals surface area contributed by atoms with E-state index >= 15 is 0 Å². The fourth-order valence-corrected chi connectivity index (χ4v) is 2.63. The first-order chi connectivity index (χ1) is 9.61. The van der Waals surface area contributed by atoms with Gasteiger partial charge in [-0.05, 0) is 36.6 Å². The summed E-state index contributed by atoms with van der Waals surface area (Å²) in [5.74, 6) is 0.915. The standard InChI is InChI=1S/C16H21ClN2O/c1-3-13(18)10-12-6-4-8-15(17)16(12)19(2)11-14-7-5-9-20-14/h4-9,13H,3,10-11,18H2,1-2H3. The number of para-hydroxylation sites is 1. The Morgan fingerprint density at radius 2 is 2.10 bits per heavy atom. The zero-order chi connectivity index (χ0) is 14.5. The third kappa shape index (κ3) is 3.56. The molecule has 1 heterocycles. The molecule has 2 N–H and O–H groups in total. The number of nitrogens with zero attached hydrogens (tertiary/aromatic N) is 1. The topological polar surface area (TPSA) is 42.4 Å². The Morgan fingerprint density at radius 3 is 2.75 bits per heavy atom. The molecule has 1 aromatic carbocycles. The maximum absolute atomic E-state index is 6.38. The van der Waals surface area contributed by atoms with Crippen LogP contribution in [0.5, 0.6) is 0 Å². The molecule has 0 bridgehead atoms. The molecule has 0 fully saturated rings. The maximum Gasteiger partial charge on any atom is 0.123 e. The van der Waals surface area contributed by atoms with Crippen molar-refractivity contribution in [3.63, 3.8) is 0 Å². The van der Waals surface area contributed by atoms with Gasteiger partial charge >= 0.3 is 0 Å². The van der Waals surface area contributed by atoms with Crippen molar-refractivity contribution < 1.29 is 4.42 Å². The summed E-state index contributed by atoms with van der Waals surface area (Å²) in [6, 6.07) is 9.99. The molecule has 1 atom stereocenters. The van der Waals surface area contributed by atoms with Gasteiger partial charge in [-0.25, -0.2) is 0 Å². The van der Waals surface area contributed by atoms with Crippen LogP contribution in [0.3, 0.4) is 0 Å². The van der Waals surface area contributed by atoms with Crippen molar-refractivity contribution in [3.8, 4) is 0 Å². The first-order valence-electron chi connectivity index (χ1n) is 6.88. The van der Waals surface area contributed by atoms with Crippen molar-refractivity contribution in [3.05, 3.63) is 52.9 Å². The van der Waals surface area contributed by atoms with E-state index in [1.54, 1.807) is 6.26 Å². The monoisotopic (exact) mass is 292 g/mol. The summed E-state index contributed by atoms with van der Waals surface area (Å²) < 4.78 is 5.40. The summed E-state index contributed by atoms with van der Waals surface area (Å²) in [6.07, 6.45) is 3.46. The van der Waals surface area contributed by atoms with Crippen LogP contribution >= 0.6 is 11.6 Å². The van der Waals surface area contributed by atoms with Crippen molar-refractivity contribution in [2.45, 2.75) is 32.4 Å². The maximum atomic E-state index is 6.38. The second-order valence-corrected chi connectivity index (χ2v) is 5.46. The van der Waals surface area contributed by atoms with E-state index in [9.17, 15) is 0 Å². The van der Waals surface area contributed by atoms with Crippen molar-refractivity contribution in [1.29, 1.82) is 0 Å². The second kappa shape index (κ2) is 6.82. The Bertz CT molecular complexity index is 539. The number of halogens is 1. The summed E-state index contributed by atoms with van der Waals surface area (Å²) >= 11 is 6.38. The molecule has 1 unspecified atom stereocenters. The lowest BCUT2D eigenvalue weighted by Crippen LogP contribution is -2.24. The highest BCUT2D eigenvalue weighted by Crippen LogP contribution is 2.31. The van der Waals surface area contributed by atoms with E-state index in [4.69, 9.17) is 21.8 Å². The summed E-state index contributed by atoms with van der Waals surface area (Å²) in [6.45, 7) is 2.78. The average Bonchev–Trinajstić information content (AvgIpc) is 2.91. The van der Waals surface area contributed by atoms with Crippen LogP contribution in [0.15, 0.2) is 41.0 Å². The third-order valence-corrected chi connectivity index (χ3v) is 3.74. The number of hydrogen-bond donors (Lipinski definition) is 1. The minimum absolute atomic E-state index is 0.157. The highest BCUT2D eigenvalue weighted by Gasteiger charge is 2.14. The minimum Gasteiger partial charge on any atom is -0.467 e. The van der Waals surface area contributed by atoms with Crippen LogP contribution < -0.4 is 10.6 Å². The van der Waals surface area contributed by atoms with Gasteiger partial charge in [0.2, 0.25) is 0 Å². The Labute approximate surface area is 125 Å². The van der Waals surface area contributed by atoms with Crippen molar-refractivity contribution in [2.75, 3.05) is 11.9 Å². The Balaban J connectivity index is 2.24. The van der Waals surface area contributed by atoms with Gasteiger partial charge in [0, 0.05) is 13.1 Å². The number of benzene rings is 1. The van der Waals surface area contributed by atoms with E-state index in [0.29, 0.717) is 6.54 Å². The number of hydrogen-bond acceptors (Lipinski definition) is 3. The van der Waals surface area contributed by atoms with Crippen LogP contribution in [0.2, 0.25) is 5.02 Å². The largest absolute Gasteiger partial charge is 0.467 e. The van der Waals surface area contributed by atoms with Crippen LogP contribution in [-0.4, -0.2) is 13.1 Å². The summed E-state index contributed by atoms with van der Waals surface area (Å²) in [5, 5.41) is 0.750. The molecule has 0 saturated carbocycles. The first-order valence-corrected chi connectivity index (χ1v) is 7.26. The molecular formula is C16H21ClN2O. The normalized spacial score (nSPS) is 12.4. The lowest BCUT2D eigenvalue weighted by atomic mass is 10.0. The van der Waals surface area contributed by atoms with Crippen molar-refractivity contribution in [1.82, 2.24) is 0 Å². The predicted octanol–water partition coefficient (Wildman–Crippen LogP) is 3.85. The van der Waals surface area contributed by atoms with Gasteiger partial charge in [-0.2, -0.15) is 0 Å². The van der Waals surface area contributed by atoms with Crippen LogP contribution in [0.4, 0.5) is 5.69 Å². The fourth-order valence-electron chi connectivity index (χ4n) is 2.29. The van der Waals surface area contributed by atoms with Crippen LogP contribution in [0.25, 0.3) is 0 Å². The molecule has 0 spiro atoms.